The average Bonchev–Trinajstić information content (AvgIpc) is 2.30. The summed E-state index contributed by atoms with van der Waals surface area (Å²) in [6.45, 7) is -0.374. The standard InChI is InChI=1S/C8H12N6O6/c15-3-9-5(17)13(6(18)10-3)1-2-14-7(19)11-4(16)12-8(14)20/h5,7,17,19H,1-2H2,(H2,9,10,15,18)(H2,11,12,16,20). The molecule has 20 heavy (non-hydrogen) atoms. The van der Waals surface area contributed by atoms with E-state index in [0.717, 1.165) is 9.80 Å². The van der Waals surface area contributed by atoms with Gasteiger partial charge in [-0.15, -0.1) is 0 Å². The van der Waals surface area contributed by atoms with Gasteiger partial charge in [0.15, 0.2) is 0 Å². The van der Waals surface area contributed by atoms with Crippen LogP contribution in [0.2, 0.25) is 0 Å². The zero-order chi connectivity index (χ0) is 14.9. The molecule has 2 unspecified atom stereocenters. The molecule has 2 saturated heterocycles. The lowest BCUT2D eigenvalue weighted by molar-refractivity contribution is -0.0231. The van der Waals surface area contributed by atoms with Crippen molar-refractivity contribution < 1.29 is 29.4 Å². The lowest BCUT2D eigenvalue weighted by atomic mass is 10.4. The number of nitrogens with one attached hydrogen (secondary N) is 4. The molecule has 0 radical (unpaired) electrons. The van der Waals surface area contributed by atoms with E-state index >= 15 is 0 Å². The van der Waals surface area contributed by atoms with Crippen molar-refractivity contribution in [3.05, 3.63) is 0 Å². The second kappa shape index (κ2) is 5.18. The number of aliphatic hydroxyl groups excluding tert-OH is 2. The third-order valence-corrected chi connectivity index (χ3v) is 2.66. The molecule has 12 heteroatoms. The van der Waals surface area contributed by atoms with Crippen LogP contribution in [0.25, 0.3) is 0 Å². The lowest BCUT2D eigenvalue weighted by Crippen LogP contribution is -2.67. The van der Waals surface area contributed by atoms with Crippen molar-refractivity contribution in [2.45, 2.75) is 12.7 Å². The number of hydrogen-bond acceptors (Lipinski definition) is 6. The molecule has 0 spiro atoms. The topological polar surface area (TPSA) is 163 Å². The highest BCUT2D eigenvalue weighted by molar-refractivity contribution is 5.96. The fourth-order valence-electron chi connectivity index (χ4n) is 1.69. The van der Waals surface area contributed by atoms with Gasteiger partial charge in [0.1, 0.15) is 0 Å². The quantitative estimate of drug-likeness (QED) is 0.324. The highest BCUT2D eigenvalue weighted by Gasteiger charge is 2.34. The Morgan fingerprint density at radius 3 is 1.45 bits per heavy atom. The largest absolute Gasteiger partial charge is 0.356 e. The lowest BCUT2D eigenvalue weighted by Gasteiger charge is -2.36. The fraction of sp³-hybridized carbons (Fsp3) is 0.500. The zero-order valence-corrected chi connectivity index (χ0v) is 9.99. The summed E-state index contributed by atoms with van der Waals surface area (Å²) in [7, 11) is 0. The summed E-state index contributed by atoms with van der Waals surface area (Å²) in [5.74, 6) is 0. The van der Waals surface area contributed by atoms with Gasteiger partial charge in [0.05, 0.1) is 0 Å². The van der Waals surface area contributed by atoms with Crippen LogP contribution in [0.15, 0.2) is 0 Å². The number of rotatable bonds is 3. The number of carbonyl (C=O) groups excluding carboxylic acids is 4. The maximum atomic E-state index is 11.4. The van der Waals surface area contributed by atoms with E-state index in [-0.39, 0.29) is 13.1 Å². The van der Waals surface area contributed by atoms with Crippen LogP contribution in [0.1, 0.15) is 0 Å². The summed E-state index contributed by atoms with van der Waals surface area (Å²) in [5.41, 5.74) is 0. The van der Waals surface area contributed by atoms with Crippen molar-refractivity contribution in [2.75, 3.05) is 13.1 Å². The molecule has 12 nitrogen and oxygen atoms in total. The van der Waals surface area contributed by atoms with Crippen LogP contribution in [0, 0.1) is 0 Å². The first-order valence-corrected chi connectivity index (χ1v) is 5.51. The smallest absolute Gasteiger partial charge is 0.329 e. The van der Waals surface area contributed by atoms with Gasteiger partial charge in [-0.1, -0.05) is 0 Å². The minimum absolute atomic E-state index is 0.187. The van der Waals surface area contributed by atoms with Gasteiger partial charge in [-0.05, 0) is 0 Å². The SMILES string of the molecule is O=C1NC(=O)N(CCN2C(=O)NC(=O)NC2O)C(O)N1. The van der Waals surface area contributed by atoms with Gasteiger partial charge in [0.25, 0.3) is 0 Å². The van der Waals surface area contributed by atoms with Gasteiger partial charge < -0.3 is 10.2 Å². The van der Waals surface area contributed by atoms with Crippen LogP contribution in [0.4, 0.5) is 19.2 Å². The van der Waals surface area contributed by atoms with E-state index in [1.54, 1.807) is 0 Å². The van der Waals surface area contributed by atoms with Crippen molar-refractivity contribution in [2.24, 2.45) is 0 Å². The number of imide groups is 2. The van der Waals surface area contributed by atoms with Crippen LogP contribution in [0.3, 0.4) is 0 Å². The molecule has 8 amide bonds. The van der Waals surface area contributed by atoms with Gasteiger partial charge in [-0.3, -0.25) is 31.1 Å². The van der Waals surface area contributed by atoms with Crippen LogP contribution in [-0.4, -0.2) is 69.9 Å². The van der Waals surface area contributed by atoms with Gasteiger partial charge in [-0.2, -0.15) is 0 Å². The molecule has 2 rings (SSSR count). The first kappa shape index (κ1) is 13.8. The summed E-state index contributed by atoms with van der Waals surface area (Å²) in [4.78, 5) is 46.3. The van der Waals surface area contributed by atoms with Gasteiger partial charge in [0, 0.05) is 13.1 Å². The molecule has 2 aliphatic rings. The zero-order valence-electron chi connectivity index (χ0n) is 9.99. The van der Waals surface area contributed by atoms with Crippen molar-refractivity contribution >= 4 is 24.1 Å². The summed E-state index contributed by atoms with van der Waals surface area (Å²) in [6.07, 6.45) is -3.09. The number of hydrogen-bond donors (Lipinski definition) is 6. The maximum Gasteiger partial charge on any atom is 0.329 e. The Kier molecular flexibility index (Phi) is 3.58. The number of carbonyl (C=O) groups is 4. The third kappa shape index (κ3) is 2.70. The van der Waals surface area contributed by atoms with E-state index in [1.807, 2.05) is 21.3 Å². The molecule has 0 aliphatic carbocycles. The third-order valence-electron chi connectivity index (χ3n) is 2.66. The molecule has 2 atom stereocenters. The predicted molar refractivity (Wildman–Crippen MR) is 59.6 cm³/mol. The van der Waals surface area contributed by atoms with Crippen LogP contribution in [-0.2, 0) is 0 Å². The molecule has 0 aromatic rings. The molecule has 2 heterocycles. The molecule has 0 bridgehead atoms. The van der Waals surface area contributed by atoms with Crippen molar-refractivity contribution in [3.8, 4) is 0 Å². The second-order valence-electron chi connectivity index (χ2n) is 3.94. The van der Waals surface area contributed by atoms with Crippen molar-refractivity contribution in [1.82, 2.24) is 31.1 Å². The molecule has 0 aromatic carbocycles. The minimum Gasteiger partial charge on any atom is -0.356 e. The summed E-state index contributed by atoms with van der Waals surface area (Å²) in [6, 6.07) is -3.39. The first-order chi connectivity index (χ1) is 9.38. The second-order valence-corrected chi connectivity index (χ2v) is 3.94. The van der Waals surface area contributed by atoms with E-state index in [0.29, 0.717) is 0 Å². The highest BCUT2D eigenvalue weighted by atomic mass is 16.3. The number of urea groups is 4. The number of nitrogens with zero attached hydrogens (tertiary/aromatic N) is 2. The molecule has 110 valence electrons. The van der Waals surface area contributed by atoms with Crippen LogP contribution >= 0.6 is 0 Å². The van der Waals surface area contributed by atoms with E-state index in [9.17, 15) is 29.4 Å². The maximum absolute atomic E-state index is 11.4. The predicted octanol–water partition coefficient (Wildman–Crippen LogP) is -2.99. The molecular formula is C8H12N6O6. The van der Waals surface area contributed by atoms with Crippen molar-refractivity contribution in [1.29, 1.82) is 0 Å². The van der Waals surface area contributed by atoms with Gasteiger partial charge in [-0.25, -0.2) is 19.2 Å². The normalized spacial score (nSPS) is 26.7. The van der Waals surface area contributed by atoms with Gasteiger partial charge in [0.2, 0.25) is 12.7 Å². The number of aliphatic hydroxyl groups is 2. The minimum atomic E-state index is -1.55. The molecule has 2 fully saturated rings. The molecule has 0 aromatic heterocycles. The van der Waals surface area contributed by atoms with Crippen LogP contribution in [0.5, 0.6) is 0 Å². The summed E-state index contributed by atoms with van der Waals surface area (Å²) in [5, 5.41) is 26.9. The van der Waals surface area contributed by atoms with E-state index in [2.05, 4.69) is 0 Å². The fourth-order valence-corrected chi connectivity index (χ4v) is 1.69. The molecule has 6 N–H and O–H groups in total. The van der Waals surface area contributed by atoms with Crippen molar-refractivity contribution in [3.63, 3.8) is 0 Å². The van der Waals surface area contributed by atoms with Crippen LogP contribution < -0.4 is 21.3 Å². The Hall–Kier alpha value is -2.60. The Morgan fingerprint density at radius 1 is 0.800 bits per heavy atom. The Morgan fingerprint density at radius 2 is 1.15 bits per heavy atom. The summed E-state index contributed by atoms with van der Waals surface area (Å²) >= 11 is 0. The first-order valence-electron chi connectivity index (χ1n) is 5.51. The van der Waals surface area contributed by atoms with E-state index < -0.39 is 36.8 Å². The molecule has 0 saturated carbocycles. The van der Waals surface area contributed by atoms with Gasteiger partial charge >= 0.3 is 24.1 Å². The number of amides is 8. The Balaban J connectivity index is 1.94. The molecule has 2 aliphatic heterocycles. The molecular weight excluding hydrogens is 276 g/mol. The van der Waals surface area contributed by atoms with E-state index in [1.165, 1.54) is 0 Å². The Labute approximate surface area is 111 Å². The Bertz CT molecular complexity index is 426. The monoisotopic (exact) mass is 288 g/mol. The highest BCUT2D eigenvalue weighted by Crippen LogP contribution is 2.04. The van der Waals surface area contributed by atoms with E-state index in [4.69, 9.17) is 0 Å². The average molecular weight is 288 g/mol. The summed E-state index contributed by atoms with van der Waals surface area (Å²) < 4.78 is 0.